The van der Waals surface area contributed by atoms with E-state index in [1.165, 1.54) is 0 Å². The van der Waals surface area contributed by atoms with Crippen molar-refractivity contribution in [3.8, 4) is 11.1 Å². The molecule has 0 amide bonds. The van der Waals surface area contributed by atoms with Crippen LogP contribution in [0.4, 0.5) is 5.69 Å². The zero-order valence-corrected chi connectivity index (χ0v) is 25.8. The Morgan fingerprint density at radius 2 is 1.58 bits per heavy atom. The second kappa shape index (κ2) is 8.99. The van der Waals surface area contributed by atoms with E-state index in [1.807, 2.05) is 45.0 Å². The molecule has 4 rings (SSSR count). The number of anilines is 1. The summed E-state index contributed by atoms with van der Waals surface area (Å²) >= 11 is 6.28. The summed E-state index contributed by atoms with van der Waals surface area (Å²) in [7, 11) is 15.9. The summed E-state index contributed by atoms with van der Waals surface area (Å²) in [6.07, 6.45) is -1.15. The summed E-state index contributed by atoms with van der Waals surface area (Å²) in [4.78, 5) is 15.4. The third-order valence-electron chi connectivity index (χ3n) is 8.31. The van der Waals surface area contributed by atoms with Gasteiger partial charge in [-0.05, 0) is 85.4 Å². The zero-order valence-electron chi connectivity index (χ0n) is 25.0. The summed E-state index contributed by atoms with van der Waals surface area (Å²) < 4.78 is 8.77. The maximum Gasteiger partial charge on any atom is 0.337 e. The fourth-order valence-electron chi connectivity index (χ4n) is 6.54. The highest BCUT2D eigenvalue weighted by Gasteiger charge is 2.52. The van der Waals surface area contributed by atoms with Gasteiger partial charge >= 0.3 is 5.97 Å². The summed E-state index contributed by atoms with van der Waals surface area (Å²) in [5.74, 6) is -1.00. The van der Waals surface area contributed by atoms with E-state index in [1.54, 1.807) is 0 Å². The zero-order chi connectivity index (χ0) is 28.7. The van der Waals surface area contributed by atoms with E-state index >= 15 is 0 Å². The molecule has 0 fully saturated rings. The van der Waals surface area contributed by atoms with Crippen molar-refractivity contribution in [3.63, 3.8) is 0 Å². The molecular formula is C25H36B7ClN2O3. The van der Waals surface area contributed by atoms with Crippen LogP contribution < -0.4 is 4.90 Å². The number of benzene rings is 2. The molecule has 2 heterocycles. The molecule has 3 aromatic rings. The maximum absolute atomic E-state index is 12.9. The van der Waals surface area contributed by atoms with Crippen molar-refractivity contribution in [1.29, 1.82) is 0 Å². The van der Waals surface area contributed by atoms with Gasteiger partial charge in [0.1, 0.15) is 54.9 Å². The second-order valence-electron chi connectivity index (χ2n) is 13.7. The highest BCUT2D eigenvalue weighted by Crippen LogP contribution is 2.53. The number of carboxylic acid groups (broad SMARTS) is 1. The highest BCUT2D eigenvalue weighted by molar-refractivity contribution is 6.64. The fourth-order valence-corrected chi connectivity index (χ4v) is 6.66. The normalized spacial score (nSPS) is 17.5. The summed E-state index contributed by atoms with van der Waals surface area (Å²) in [5, 5.41) is 11.5. The molecule has 0 spiro atoms. The van der Waals surface area contributed by atoms with Crippen molar-refractivity contribution in [2.24, 2.45) is 0 Å². The van der Waals surface area contributed by atoms with Crippen LogP contribution in [0.3, 0.4) is 0 Å². The molecule has 5 nitrogen and oxygen atoms in total. The molecule has 0 unspecified atom stereocenters. The molecular weight excluding hydrogens is 487 g/mol. The Bertz CT molecular complexity index is 1440. The SMILES string of the molecule is BC(B)(B)N1c2c(C)c([C@H](OC(C)(C)C)C(=O)O)c(-c3ccc(Cl)cc3)c3cc(C)n(c23)C(B)(B)C1(B)B. The molecule has 1 aliphatic heterocycles. The van der Waals surface area contributed by atoms with Gasteiger partial charge in [0.05, 0.1) is 16.8 Å². The molecule has 13 heteroatoms. The van der Waals surface area contributed by atoms with E-state index in [9.17, 15) is 9.90 Å². The molecule has 1 aromatic heterocycles. The van der Waals surface area contributed by atoms with Crippen molar-refractivity contribution >= 4 is 89.1 Å². The van der Waals surface area contributed by atoms with E-state index in [0.717, 1.165) is 39.0 Å². The summed E-state index contributed by atoms with van der Waals surface area (Å²) in [6.45, 7) is 9.91. The second-order valence-corrected chi connectivity index (χ2v) is 14.2. The Hall–Kier alpha value is -2.05. The number of aromatic nitrogens is 1. The van der Waals surface area contributed by atoms with Gasteiger partial charge in [-0.25, -0.2) is 4.79 Å². The number of hydrogen-bond acceptors (Lipinski definition) is 3. The average molecular weight is 524 g/mol. The lowest BCUT2D eigenvalue weighted by Crippen LogP contribution is -2.75. The van der Waals surface area contributed by atoms with Crippen molar-refractivity contribution in [2.75, 3.05) is 4.90 Å². The minimum absolute atomic E-state index is 0.232. The van der Waals surface area contributed by atoms with Crippen molar-refractivity contribution in [1.82, 2.24) is 4.57 Å². The molecule has 38 heavy (non-hydrogen) atoms. The van der Waals surface area contributed by atoms with Crippen LogP contribution in [0, 0.1) is 13.8 Å². The van der Waals surface area contributed by atoms with Crippen LogP contribution >= 0.6 is 11.6 Å². The van der Waals surface area contributed by atoms with Crippen LogP contribution in [0.15, 0.2) is 30.3 Å². The first kappa shape index (κ1) is 28.9. The van der Waals surface area contributed by atoms with Crippen LogP contribution in [0.25, 0.3) is 22.0 Å². The lowest BCUT2D eigenvalue weighted by molar-refractivity contribution is -0.160. The van der Waals surface area contributed by atoms with Crippen molar-refractivity contribution in [2.45, 2.75) is 62.2 Å². The molecule has 192 valence electrons. The molecule has 1 aliphatic rings. The van der Waals surface area contributed by atoms with Crippen molar-refractivity contribution in [3.05, 3.63) is 52.2 Å². The van der Waals surface area contributed by atoms with E-state index < -0.39 is 17.7 Å². The minimum Gasteiger partial charge on any atom is -0.479 e. The number of aliphatic carboxylic acids is 1. The van der Waals surface area contributed by atoms with Crippen LogP contribution in [-0.4, -0.2) is 86.7 Å². The van der Waals surface area contributed by atoms with Gasteiger partial charge in [-0.3, -0.25) is 0 Å². The van der Waals surface area contributed by atoms with Gasteiger partial charge in [0, 0.05) is 21.7 Å². The molecule has 0 bridgehead atoms. The van der Waals surface area contributed by atoms with Crippen LogP contribution in [0.5, 0.6) is 0 Å². The molecule has 0 radical (unpaired) electrons. The maximum atomic E-state index is 12.9. The first-order chi connectivity index (χ1) is 17.2. The summed E-state index contributed by atoms with van der Waals surface area (Å²) in [6, 6.07) is 9.89. The monoisotopic (exact) mass is 524 g/mol. The molecule has 0 saturated carbocycles. The first-order valence-electron chi connectivity index (χ1n) is 13.4. The first-order valence-corrected chi connectivity index (χ1v) is 13.8. The van der Waals surface area contributed by atoms with E-state index in [4.69, 9.17) is 16.3 Å². The topological polar surface area (TPSA) is 54.7 Å². The van der Waals surface area contributed by atoms with Gasteiger partial charge < -0.3 is 19.3 Å². The standard InChI is InChI=1S/C25H36B7ClN2O3/c1-11-10-15-17(13-6-8-14(33)9-7-13)16(20(21(36)37)38-22(3,4)5)12(2)18-19(15)34(11)23(26,27)24(28,29)35(18)25(30,31)32/h6-10,20H,26-32H2,1-5H3,(H,36,37)/t20-/m0/s1. The third-order valence-corrected chi connectivity index (χ3v) is 8.56. The third kappa shape index (κ3) is 4.36. The highest BCUT2D eigenvalue weighted by atomic mass is 35.5. The Balaban J connectivity index is 2.30. The lowest BCUT2D eigenvalue weighted by atomic mass is 9.33. The number of nitrogens with zero attached hydrogens (tertiary/aromatic N) is 2. The fraction of sp³-hybridized carbons (Fsp3) is 0.400. The van der Waals surface area contributed by atoms with Gasteiger partial charge in [0.15, 0.2) is 6.10 Å². The number of hydrogen-bond donors (Lipinski definition) is 1. The Morgan fingerprint density at radius 3 is 2.05 bits per heavy atom. The lowest BCUT2D eigenvalue weighted by Gasteiger charge is -2.62. The minimum atomic E-state index is -1.15. The molecule has 0 aliphatic carbocycles. The predicted octanol–water partition coefficient (Wildman–Crippen LogP) is -1.35. The van der Waals surface area contributed by atoms with E-state index in [2.05, 4.69) is 84.3 Å². The van der Waals surface area contributed by atoms with E-state index in [-0.39, 0.29) is 15.9 Å². The smallest absolute Gasteiger partial charge is 0.337 e. The Kier molecular flexibility index (Phi) is 6.85. The Morgan fingerprint density at radius 1 is 1.03 bits per heavy atom. The number of carboxylic acids is 1. The molecule has 2 aromatic carbocycles. The van der Waals surface area contributed by atoms with Crippen molar-refractivity contribution < 1.29 is 14.6 Å². The van der Waals surface area contributed by atoms with Gasteiger partial charge in [-0.15, -0.1) is 0 Å². The Labute approximate surface area is 238 Å². The average Bonchev–Trinajstić information content (AvgIpc) is 3.09. The largest absolute Gasteiger partial charge is 0.479 e. The van der Waals surface area contributed by atoms with Gasteiger partial charge in [-0.1, -0.05) is 23.7 Å². The summed E-state index contributed by atoms with van der Waals surface area (Å²) in [5.41, 5.74) is 6.12. The van der Waals surface area contributed by atoms with Crippen LogP contribution in [0.2, 0.25) is 5.02 Å². The molecule has 0 saturated heterocycles. The number of halogens is 1. The van der Waals surface area contributed by atoms with Gasteiger partial charge in [0.25, 0.3) is 0 Å². The predicted molar refractivity (Wildman–Crippen MR) is 179 cm³/mol. The van der Waals surface area contributed by atoms with Gasteiger partial charge in [0.2, 0.25) is 0 Å². The number of ether oxygens (including phenoxy) is 1. The van der Waals surface area contributed by atoms with Crippen LogP contribution in [0.1, 0.15) is 43.7 Å². The quantitative estimate of drug-likeness (QED) is 0.420. The number of carbonyl (C=O) groups is 1. The van der Waals surface area contributed by atoms with Crippen LogP contribution in [-0.2, 0) is 14.9 Å². The number of aryl methyl sites for hydroxylation is 1. The molecule has 1 N–H and O–H groups in total. The van der Waals surface area contributed by atoms with Gasteiger partial charge in [-0.2, -0.15) is 0 Å². The number of rotatable bonds is 5. The van der Waals surface area contributed by atoms with E-state index in [0.29, 0.717) is 10.6 Å². The molecule has 1 atom stereocenters.